The van der Waals surface area contributed by atoms with E-state index in [2.05, 4.69) is 5.32 Å². The lowest BCUT2D eigenvalue weighted by Gasteiger charge is -2.21. The van der Waals surface area contributed by atoms with Gasteiger partial charge in [-0.05, 0) is 42.8 Å². The maximum atomic E-state index is 12.9. The maximum absolute atomic E-state index is 12.9. The second-order valence-electron chi connectivity index (χ2n) is 6.21. The molecule has 0 bridgehead atoms. The van der Waals surface area contributed by atoms with Gasteiger partial charge in [0.15, 0.2) is 0 Å². The van der Waals surface area contributed by atoms with Crippen LogP contribution in [0.2, 0.25) is 0 Å². The molecule has 136 valence electrons. The molecule has 0 saturated heterocycles. The molecule has 1 N–H and O–H groups in total. The van der Waals surface area contributed by atoms with E-state index in [0.29, 0.717) is 29.9 Å². The predicted molar refractivity (Wildman–Crippen MR) is 108 cm³/mol. The summed E-state index contributed by atoms with van der Waals surface area (Å²) in [4.78, 5) is 27.0. The molecule has 0 aliphatic carbocycles. The Kier molecular flexibility index (Phi) is 6.00. The zero-order valence-electron chi connectivity index (χ0n) is 15.3. The summed E-state index contributed by atoms with van der Waals surface area (Å²) in [5.74, 6) is -0.256. The maximum Gasteiger partial charge on any atom is 0.255 e. The monoisotopic (exact) mass is 358 g/mol. The van der Waals surface area contributed by atoms with Crippen molar-refractivity contribution in [3.05, 3.63) is 102 Å². The summed E-state index contributed by atoms with van der Waals surface area (Å²) in [6.45, 7) is 3.12. The van der Waals surface area contributed by atoms with Crippen LogP contribution in [0.5, 0.6) is 0 Å². The number of nitrogens with zero attached hydrogens (tertiary/aromatic N) is 1. The first kappa shape index (κ1) is 18.4. The van der Waals surface area contributed by atoms with Gasteiger partial charge in [0.1, 0.15) is 0 Å². The molecule has 27 heavy (non-hydrogen) atoms. The summed E-state index contributed by atoms with van der Waals surface area (Å²) < 4.78 is 0. The third-order valence-electron chi connectivity index (χ3n) is 4.29. The van der Waals surface area contributed by atoms with Crippen molar-refractivity contribution in [3.8, 4) is 0 Å². The number of amides is 2. The van der Waals surface area contributed by atoms with E-state index in [4.69, 9.17) is 0 Å². The largest absolute Gasteiger partial charge is 0.335 e. The minimum atomic E-state index is -0.197. The Labute approximate surface area is 159 Å². The van der Waals surface area contributed by atoms with Crippen LogP contribution in [-0.4, -0.2) is 23.3 Å². The van der Waals surface area contributed by atoms with Gasteiger partial charge >= 0.3 is 0 Å². The molecule has 0 fully saturated rings. The zero-order valence-corrected chi connectivity index (χ0v) is 15.3. The van der Waals surface area contributed by atoms with Crippen LogP contribution in [0.3, 0.4) is 0 Å². The first-order valence-electron chi connectivity index (χ1n) is 8.97. The van der Waals surface area contributed by atoms with Gasteiger partial charge in [0.25, 0.3) is 11.8 Å². The third kappa shape index (κ3) is 4.82. The van der Waals surface area contributed by atoms with E-state index in [0.717, 1.165) is 5.56 Å². The van der Waals surface area contributed by atoms with Crippen LogP contribution in [0.1, 0.15) is 33.2 Å². The van der Waals surface area contributed by atoms with Crippen molar-refractivity contribution in [1.82, 2.24) is 4.90 Å². The SMILES string of the molecule is CCN(Cc1ccccc1)C(=O)c1cccc(NC(=O)c2ccccc2)c1. The van der Waals surface area contributed by atoms with E-state index in [9.17, 15) is 9.59 Å². The lowest BCUT2D eigenvalue weighted by Crippen LogP contribution is -2.30. The average molecular weight is 358 g/mol. The molecule has 0 spiro atoms. The molecule has 3 aromatic rings. The lowest BCUT2D eigenvalue weighted by molar-refractivity contribution is 0.0752. The van der Waals surface area contributed by atoms with Crippen LogP contribution < -0.4 is 5.32 Å². The number of anilines is 1. The van der Waals surface area contributed by atoms with E-state index >= 15 is 0 Å². The number of carbonyl (C=O) groups is 2. The molecule has 0 unspecified atom stereocenters. The van der Waals surface area contributed by atoms with Gasteiger partial charge < -0.3 is 10.2 Å². The Bertz CT molecular complexity index is 908. The first-order chi connectivity index (χ1) is 13.2. The van der Waals surface area contributed by atoms with Crippen LogP contribution in [0.4, 0.5) is 5.69 Å². The van der Waals surface area contributed by atoms with Crippen LogP contribution in [-0.2, 0) is 6.54 Å². The van der Waals surface area contributed by atoms with Gasteiger partial charge in [-0.1, -0.05) is 54.6 Å². The van der Waals surface area contributed by atoms with Crippen molar-refractivity contribution in [3.63, 3.8) is 0 Å². The molecule has 3 rings (SSSR count). The summed E-state index contributed by atoms with van der Waals surface area (Å²) in [7, 11) is 0. The minimum Gasteiger partial charge on any atom is -0.335 e. The molecule has 0 aliphatic rings. The summed E-state index contributed by atoms with van der Waals surface area (Å²) in [6, 6.07) is 26.0. The normalized spacial score (nSPS) is 10.3. The highest BCUT2D eigenvalue weighted by atomic mass is 16.2. The van der Waals surface area contributed by atoms with Gasteiger partial charge in [-0.3, -0.25) is 9.59 Å². The van der Waals surface area contributed by atoms with Crippen molar-refractivity contribution in [2.45, 2.75) is 13.5 Å². The van der Waals surface area contributed by atoms with E-state index in [1.54, 1.807) is 41.3 Å². The highest BCUT2D eigenvalue weighted by Crippen LogP contribution is 2.16. The van der Waals surface area contributed by atoms with Crippen LogP contribution in [0.25, 0.3) is 0 Å². The van der Waals surface area contributed by atoms with Crippen LogP contribution in [0.15, 0.2) is 84.9 Å². The molecule has 0 aliphatic heterocycles. The van der Waals surface area contributed by atoms with Crippen molar-refractivity contribution >= 4 is 17.5 Å². The fourth-order valence-electron chi connectivity index (χ4n) is 2.84. The van der Waals surface area contributed by atoms with E-state index in [-0.39, 0.29) is 11.8 Å². The standard InChI is InChI=1S/C23H22N2O2/c1-2-25(17-18-10-5-3-6-11-18)23(27)20-14-9-15-21(16-20)24-22(26)19-12-7-4-8-13-19/h3-16H,2,17H2,1H3,(H,24,26). The van der Waals surface area contributed by atoms with Crippen molar-refractivity contribution in [2.75, 3.05) is 11.9 Å². The number of hydrogen-bond donors (Lipinski definition) is 1. The van der Waals surface area contributed by atoms with E-state index in [1.165, 1.54) is 0 Å². The number of nitrogens with one attached hydrogen (secondary N) is 1. The molecule has 0 aromatic heterocycles. The van der Waals surface area contributed by atoms with Gasteiger partial charge in [-0.25, -0.2) is 0 Å². The molecule has 4 heteroatoms. The van der Waals surface area contributed by atoms with Gasteiger partial charge in [0.05, 0.1) is 0 Å². The second-order valence-corrected chi connectivity index (χ2v) is 6.21. The quantitative estimate of drug-likeness (QED) is 0.700. The van der Waals surface area contributed by atoms with Crippen molar-refractivity contribution in [2.24, 2.45) is 0 Å². The number of hydrogen-bond acceptors (Lipinski definition) is 2. The van der Waals surface area contributed by atoms with Crippen LogP contribution in [0, 0.1) is 0 Å². The highest BCUT2D eigenvalue weighted by molar-refractivity contribution is 6.05. The fraction of sp³-hybridized carbons (Fsp3) is 0.130. The highest BCUT2D eigenvalue weighted by Gasteiger charge is 2.15. The molecular formula is C23H22N2O2. The first-order valence-corrected chi connectivity index (χ1v) is 8.97. The van der Waals surface area contributed by atoms with E-state index in [1.807, 2.05) is 55.5 Å². The molecule has 0 heterocycles. The Morgan fingerprint density at radius 1 is 0.815 bits per heavy atom. The van der Waals surface area contributed by atoms with Crippen molar-refractivity contribution in [1.29, 1.82) is 0 Å². The molecule has 0 saturated carbocycles. The molecule has 0 radical (unpaired) electrons. The van der Waals surface area contributed by atoms with Gasteiger partial charge in [0, 0.05) is 29.9 Å². The topological polar surface area (TPSA) is 49.4 Å². The molecule has 3 aromatic carbocycles. The van der Waals surface area contributed by atoms with Crippen molar-refractivity contribution < 1.29 is 9.59 Å². The third-order valence-corrected chi connectivity index (χ3v) is 4.29. The Morgan fingerprint density at radius 2 is 1.44 bits per heavy atom. The van der Waals surface area contributed by atoms with Gasteiger partial charge in [-0.2, -0.15) is 0 Å². The number of benzene rings is 3. The fourth-order valence-corrected chi connectivity index (χ4v) is 2.84. The zero-order chi connectivity index (χ0) is 19.1. The molecular weight excluding hydrogens is 336 g/mol. The molecule has 0 atom stereocenters. The predicted octanol–water partition coefficient (Wildman–Crippen LogP) is 4.60. The van der Waals surface area contributed by atoms with Gasteiger partial charge in [0.2, 0.25) is 0 Å². The summed E-state index contributed by atoms with van der Waals surface area (Å²) in [5, 5.41) is 2.85. The lowest BCUT2D eigenvalue weighted by atomic mass is 10.1. The Hall–Kier alpha value is -3.40. The average Bonchev–Trinajstić information content (AvgIpc) is 2.73. The summed E-state index contributed by atoms with van der Waals surface area (Å²) in [6.07, 6.45) is 0. The van der Waals surface area contributed by atoms with E-state index < -0.39 is 0 Å². The summed E-state index contributed by atoms with van der Waals surface area (Å²) in [5.41, 5.74) is 2.82. The Balaban J connectivity index is 1.73. The minimum absolute atomic E-state index is 0.0582. The summed E-state index contributed by atoms with van der Waals surface area (Å²) >= 11 is 0. The van der Waals surface area contributed by atoms with Crippen LogP contribution >= 0.6 is 0 Å². The number of carbonyl (C=O) groups excluding carboxylic acids is 2. The Morgan fingerprint density at radius 3 is 2.11 bits per heavy atom. The number of rotatable bonds is 6. The molecule has 4 nitrogen and oxygen atoms in total. The smallest absolute Gasteiger partial charge is 0.255 e. The second kappa shape index (κ2) is 8.81. The molecule has 2 amide bonds. The van der Waals surface area contributed by atoms with Gasteiger partial charge in [-0.15, -0.1) is 0 Å².